The van der Waals surface area contributed by atoms with Crippen molar-refractivity contribution in [3.63, 3.8) is 0 Å². The summed E-state index contributed by atoms with van der Waals surface area (Å²) in [4.78, 5) is 6.80. The summed E-state index contributed by atoms with van der Waals surface area (Å²) in [6, 6.07) is 7.61. The predicted molar refractivity (Wildman–Crippen MR) is 85.4 cm³/mol. The van der Waals surface area contributed by atoms with Crippen LogP contribution in [0.5, 0.6) is 0 Å². The molecular weight excluding hydrogens is 286 g/mol. The Bertz CT molecular complexity index is 616. The van der Waals surface area contributed by atoms with Gasteiger partial charge in [0.25, 0.3) is 0 Å². The Labute approximate surface area is 129 Å². The maximum Gasteiger partial charge on any atom is 0.245 e. The molecule has 2 aromatic rings. The second-order valence-electron chi connectivity index (χ2n) is 6.00. The third-order valence-electron chi connectivity index (χ3n) is 4.32. The molecule has 0 saturated carbocycles. The van der Waals surface area contributed by atoms with Gasteiger partial charge in [-0.15, -0.1) is 5.10 Å². The maximum absolute atomic E-state index is 6.01. The first-order valence-electron chi connectivity index (χ1n) is 7.23. The molecule has 0 radical (unpaired) electrons. The Morgan fingerprint density at radius 1 is 1.38 bits per heavy atom. The van der Waals surface area contributed by atoms with E-state index in [0.717, 1.165) is 49.8 Å². The summed E-state index contributed by atoms with van der Waals surface area (Å²) in [5.74, 6) is 1.50. The van der Waals surface area contributed by atoms with Gasteiger partial charge in [-0.25, -0.2) is 0 Å². The Morgan fingerprint density at radius 2 is 2.14 bits per heavy atom. The number of benzene rings is 1. The largest absolute Gasteiger partial charge is 0.339 e. The lowest BCUT2D eigenvalue weighted by Gasteiger charge is -2.38. The van der Waals surface area contributed by atoms with E-state index in [0.29, 0.717) is 5.02 Å². The summed E-state index contributed by atoms with van der Waals surface area (Å²) in [6.07, 6.45) is 2.15. The topological polar surface area (TPSA) is 70.8 Å². The van der Waals surface area contributed by atoms with Crippen molar-refractivity contribution in [2.45, 2.75) is 19.8 Å². The van der Waals surface area contributed by atoms with E-state index in [-0.39, 0.29) is 5.41 Å². The monoisotopic (exact) mass is 305 g/mol. The molecule has 1 aromatic carbocycles. The van der Waals surface area contributed by atoms with Gasteiger partial charge in [0.15, 0.2) is 5.82 Å². The number of nitrogens with two attached hydrogens (primary N) is 1. The van der Waals surface area contributed by atoms with Crippen molar-refractivity contribution in [3.8, 4) is 11.4 Å². The third-order valence-corrected chi connectivity index (χ3v) is 4.55. The van der Waals surface area contributed by atoms with Gasteiger partial charge in [-0.05, 0) is 36.9 Å². The zero-order chi connectivity index (χ0) is 14.9. The van der Waals surface area contributed by atoms with Gasteiger partial charge in [-0.2, -0.15) is 4.98 Å². The number of piperidine rings is 1. The molecule has 0 spiro atoms. The smallest absolute Gasteiger partial charge is 0.245 e. The minimum absolute atomic E-state index is 0.253. The average molecular weight is 306 g/mol. The number of hydrogen-bond acceptors (Lipinski definition) is 4. The van der Waals surface area contributed by atoms with Crippen LogP contribution in [0, 0.1) is 5.41 Å². The van der Waals surface area contributed by atoms with Crippen LogP contribution in [0.3, 0.4) is 0 Å². The number of nitrogens with one attached hydrogen (secondary N) is 1. The van der Waals surface area contributed by atoms with Crippen molar-refractivity contribution < 1.29 is 0 Å². The first kappa shape index (κ1) is 14.4. The van der Waals surface area contributed by atoms with E-state index in [1.807, 2.05) is 24.3 Å². The van der Waals surface area contributed by atoms with Crippen LogP contribution in [0.25, 0.3) is 11.4 Å². The number of nitrogens with zero attached hydrogens (tertiary/aromatic N) is 3. The minimum atomic E-state index is 0.253. The van der Waals surface area contributed by atoms with E-state index in [9.17, 15) is 0 Å². The summed E-state index contributed by atoms with van der Waals surface area (Å²) >= 11 is 6.01. The lowest BCUT2D eigenvalue weighted by atomic mass is 9.81. The summed E-state index contributed by atoms with van der Waals surface area (Å²) in [5.41, 5.74) is 7.05. The molecule has 112 valence electrons. The molecule has 1 aromatic heterocycles. The van der Waals surface area contributed by atoms with Crippen molar-refractivity contribution >= 4 is 17.5 Å². The first-order valence-corrected chi connectivity index (χ1v) is 7.61. The van der Waals surface area contributed by atoms with Crippen molar-refractivity contribution in [2.75, 3.05) is 24.5 Å². The van der Waals surface area contributed by atoms with Crippen LogP contribution in [0.4, 0.5) is 5.95 Å². The van der Waals surface area contributed by atoms with Crippen LogP contribution >= 0.6 is 11.6 Å². The zero-order valence-electron chi connectivity index (χ0n) is 12.1. The number of hydrogen-bond donors (Lipinski definition) is 2. The molecule has 6 heteroatoms. The van der Waals surface area contributed by atoms with Crippen LogP contribution in [0.1, 0.15) is 19.8 Å². The van der Waals surface area contributed by atoms with Crippen LogP contribution in [0.15, 0.2) is 24.3 Å². The van der Waals surface area contributed by atoms with Crippen molar-refractivity contribution in [3.05, 3.63) is 29.3 Å². The van der Waals surface area contributed by atoms with E-state index >= 15 is 0 Å². The van der Waals surface area contributed by atoms with Crippen molar-refractivity contribution in [1.82, 2.24) is 15.2 Å². The Balaban J connectivity index is 1.74. The molecule has 1 aliphatic heterocycles. The van der Waals surface area contributed by atoms with E-state index in [2.05, 4.69) is 27.0 Å². The fourth-order valence-electron chi connectivity index (χ4n) is 2.61. The summed E-state index contributed by atoms with van der Waals surface area (Å²) < 4.78 is 0. The van der Waals surface area contributed by atoms with Crippen molar-refractivity contribution in [1.29, 1.82) is 0 Å². The molecule has 0 bridgehead atoms. The van der Waals surface area contributed by atoms with E-state index in [1.54, 1.807) is 0 Å². The molecule has 2 heterocycles. The highest BCUT2D eigenvalue weighted by molar-refractivity contribution is 6.30. The highest BCUT2D eigenvalue weighted by Crippen LogP contribution is 2.31. The first-order chi connectivity index (χ1) is 10.1. The normalized spacial score (nSPS) is 18.0. The lowest BCUT2D eigenvalue weighted by molar-refractivity contribution is 0.257. The Kier molecular flexibility index (Phi) is 3.87. The van der Waals surface area contributed by atoms with Gasteiger partial charge in [-0.1, -0.05) is 30.7 Å². The molecule has 21 heavy (non-hydrogen) atoms. The third kappa shape index (κ3) is 3.04. The molecule has 3 rings (SSSR count). The Hall–Kier alpha value is -1.59. The van der Waals surface area contributed by atoms with Gasteiger partial charge in [0.05, 0.1) is 0 Å². The second kappa shape index (κ2) is 5.66. The van der Waals surface area contributed by atoms with Crippen LogP contribution in [-0.2, 0) is 0 Å². The molecule has 5 nitrogen and oxygen atoms in total. The SMILES string of the molecule is CC1(CN)CCN(c2n[nH]c(-c3cccc(Cl)c3)n2)CC1. The predicted octanol–water partition coefficient (Wildman–Crippen LogP) is 2.69. The number of rotatable bonds is 3. The zero-order valence-corrected chi connectivity index (χ0v) is 12.9. The summed E-state index contributed by atoms with van der Waals surface area (Å²) in [7, 11) is 0. The molecule has 0 atom stereocenters. The second-order valence-corrected chi connectivity index (χ2v) is 6.43. The molecular formula is C15H20ClN5. The summed E-state index contributed by atoms with van der Waals surface area (Å²) in [6.45, 7) is 4.88. The average Bonchev–Trinajstić information content (AvgIpc) is 2.98. The molecule has 1 aliphatic rings. The van der Waals surface area contributed by atoms with Gasteiger partial charge in [0, 0.05) is 23.7 Å². The van der Waals surface area contributed by atoms with Gasteiger partial charge in [0.2, 0.25) is 5.95 Å². The maximum atomic E-state index is 6.01. The van der Waals surface area contributed by atoms with Crippen LogP contribution in [-0.4, -0.2) is 34.8 Å². The van der Waals surface area contributed by atoms with Crippen LogP contribution < -0.4 is 10.6 Å². The number of H-pyrrole nitrogens is 1. The fourth-order valence-corrected chi connectivity index (χ4v) is 2.80. The molecule has 1 saturated heterocycles. The molecule has 3 N–H and O–H groups in total. The molecule has 0 aliphatic carbocycles. The highest BCUT2D eigenvalue weighted by atomic mass is 35.5. The van der Waals surface area contributed by atoms with Gasteiger partial charge in [0.1, 0.15) is 0 Å². The van der Waals surface area contributed by atoms with Gasteiger partial charge in [-0.3, -0.25) is 5.10 Å². The quantitative estimate of drug-likeness (QED) is 0.914. The molecule has 0 amide bonds. The Morgan fingerprint density at radius 3 is 2.81 bits per heavy atom. The molecule has 0 unspecified atom stereocenters. The molecule has 1 fully saturated rings. The lowest BCUT2D eigenvalue weighted by Crippen LogP contribution is -2.42. The number of aromatic amines is 1. The highest BCUT2D eigenvalue weighted by Gasteiger charge is 2.30. The summed E-state index contributed by atoms with van der Waals surface area (Å²) in [5, 5.41) is 8.03. The standard InChI is InChI=1S/C15H20ClN5/c1-15(10-17)5-7-21(8-6-15)14-18-13(19-20-14)11-3-2-4-12(16)9-11/h2-4,9H,5-8,10,17H2,1H3,(H,18,19,20). The number of anilines is 1. The minimum Gasteiger partial charge on any atom is -0.339 e. The van der Waals surface area contributed by atoms with Gasteiger partial charge < -0.3 is 10.6 Å². The number of halogens is 1. The number of aromatic nitrogens is 3. The fraction of sp³-hybridized carbons (Fsp3) is 0.467. The van der Waals surface area contributed by atoms with Crippen molar-refractivity contribution in [2.24, 2.45) is 11.1 Å². The van der Waals surface area contributed by atoms with E-state index in [4.69, 9.17) is 17.3 Å². The van der Waals surface area contributed by atoms with Crippen LogP contribution in [0.2, 0.25) is 5.02 Å². The van der Waals surface area contributed by atoms with Gasteiger partial charge >= 0.3 is 0 Å². The van der Waals surface area contributed by atoms with E-state index < -0.39 is 0 Å². The van der Waals surface area contributed by atoms with E-state index in [1.165, 1.54) is 0 Å².